The third-order valence-corrected chi connectivity index (χ3v) is 4.55. The highest BCUT2D eigenvalue weighted by atomic mass is 32.2. The lowest BCUT2D eigenvalue weighted by Gasteiger charge is -2.09. The number of hydrogen-bond acceptors (Lipinski definition) is 8. The summed E-state index contributed by atoms with van der Waals surface area (Å²) in [5.74, 6) is -0.171. The maximum Gasteiger partial charge on any atom is 0.277 e. The molecule has 0 spiro atoms. The summed E-state index contributed by atoms with van der Waals surface area (Å²) in [6, 6.07) is 14.4. The highest BCUT2D eigenvalue weighted by Crippen LogP contribution is 2.28. The van der Waals surface area contributed by atoms with Gasteiger partial charge in [-0.05, 0) is 31.2 Å². The van der Waals surface area contributed by atoms with E-state index in [1.807, 2.05) is 6.07 Å². The van der Waals surface area contributed by atoms with E-state index in [2.05, 4.69) is 15.5 Å². The smallest absolute Gasteiger partial charge is 0.277 e. The van der Waals surface area contributed by atoms with Gasteiger partial charge in [0.2, 0.25) is 11.8 Å². The zero-order valence-corrected chi connectivity index (χ0v) is 15.3. The third-order valence-electron chi connectivity index (χ3n) is 3.62. The number of carbonyl (C=O) groups is 1. The Labute approximate surface area is 163 Å². The van der Waals surface area contributed by atoms with Crippen LogP contribution in [0.25, 0.3) is 11.5 Å². The largest absolute Gasteiger partial charge is 0.411 e. The van der Waals surface area contributed by atoms with Crippen molar-refractivity contribution in [3.63, 3.8) is 0 Å². The quantitative estimate of drug-likeness (QED) is 0.380. The first-order chi connectivity index (χ1) is 13.5. The molecule has 1 amide bonds. The molecule has 0 bridgehead atoms. The van der Waals surface area contributed by atoms with Crippen LogP contribution in [0.2, 0.25) is 0 Å². The number of aromatic nitrogens is 2. The Morgan fingerprint density at radius 3 is 2.82 bits per heavy atom. The SMILES string of the molecule is C[C@@H](Sc1nnc(-c2cccc([N+](=O)[O-])c2)o1)C(=O)Nc1cccc(C#N)c1. The Bertz CT molecular complexity index is 1080. The van der Waals surface area contributed by atoms with E-state index < -0.39 is 10.2 Å². The normalized spacial score (nSPS) is 11.4. The monoisotopic (exact) mass is 395 g/mol. The number of nitrogens with one attached hydrogen (secondary N) is 1. The number of non-ortho nitro benzene ring substituents is 1. The molecule has 1 atom stereocenters. The van der Waals surface area contributed by atoms with Gasteiger partial charge in [-0.1, -0.05) is 23.9 Å². The van der Waals surface area contributed by atoms with Crippen molar-refractivity contribution in [3.8, 4) is 17.5 Å². The summed E-state index contributed by atoms with van der Waals surface area (Å²) in [6.45, 7) is 1.67. The van der Waals surface area contributed by atoms with Crippen LogP contribution in [-0.4, -0.2) is 26.3 Å². The Morgan fingerprint density at radius 2 is 2.07 bits per heavy atom. The molecule has 0 fully saturated rings. The molecule has 0 aliphatic heterocycles. The van der Waals surface area contributed by atoms with Crippen LogP contribution >= 0.6 is 11.8 Å². The lowest BCUT2D eigenvalue weighted by Crippen LogP contribution is -2.22. The van der Waals surface area contributed by atoms with Crippen LogP contribution in [0.3, 0.4) is 0 Å². The van der Waals surface area contributed by atoms with Crippen molar-refractivity contribution in [2.24, 2.45) is 0 Å². The Balaban J connectivity index is 1.67. The van der Waals surface area contributed by atoms with E-state index in [0.717, 1.165) is 11.8 Å². The van der Waals surface area contributed by atoms with Crippen molar-refractivity contribution >= 4 is 29.0 Å². The average Bonchev–Trinajstić information content (AvgIpc) is 3.16. The van der Waals surface area contributed by atoms with Crippen molar-refractivity contribution in [3.05, 3.63) is 64.2 Å². The molecular weight excluding hydrogens is 382 g/mol. The van der Waals surface area contributed by atoms with Crippen LogP contribution in [-0.2, 0) is 4.79 Å². The second-order valence-electron chi connectivity index (χ2n) is 5.62. The van der Waals surface area contributed by atoms with Gasteiger partial charge in [0.1, 0.15) is 0 Å². The Morgan fingerprint density at radius 1 is 1.29 bits per heavy atom. The number of anilines is 1. The predicted molar refractivity (Wildman–Crippen MR) is 101 cm³/mol. The number of benzene rings is 2. The van der Waals surface area contributed by atoms with Crippen LogP contribution in [0.15, 0.2) is 58.2 Å². The number of nitriles is 1. The fourth-order valence-corrected chi connectivity index (χ4v) is 2.93. The van der Waals surface area contributed by atoms with Gasteiger partial charge < -0.3 is 9.73 Å². The van der Waals surface area contributed by atoms with Crippen molar-refractivity contribution < 1.29 is 14.1 Å². The van der Waals surface area contributed by atoms with Gasteiger partial charge in [-0.25, -0.2) is 0 Å². The maximum absolute atomic E-state index is 12.3. The van der Waals surface area contributed by atoms with Gasteiger partial charge >= 0.3 is 0 Å². The molecule has 0 unspecified atom stereocenters. The van der Waals surface area contributed by atoms with Crippen molar-refractivity contribution in [2.45, 2.75) is 17.4 Å². The van der Waals surface area contributed by atoms with Crippen LogP contribution in [0, 0.1) is 21.4 Å². The average molecular weight is 395 g/mol. The lowest BCUT2D eigenvalue weighted by molar-refractivity contribution is -0.384. The summed E-state index contributed by atoms with van der Waals surface area (Å²) in [5, 5.41) is 29.9. The topological polar surface area (TPSA) is 135 Å². The van der Waals surface area contributed by atoms with E-state index in [1.54, 1.807) is 37.3 Å². The minimum atomic E-state index is -0.552. The summed E-state index contributed by atoms with van der Waals surface area (Å²) in [5.41, 5.74) is 1.28. The zero-order chi connectivity index (χ0) is 20.1. The first kappa shape index (κ1) is 19.1. The van der Waals surface area contributed by atoms with E-state index in [0.29, 0.717) is 16.8 Å². The fraction of sp³-hybridized carbons (Fsp3) is 0.111. The van der Waals surface area contributed by atoms with E-state index in [-0.39, 0.29) is 22.7 Å². The molecule has 1 N–H and O–H groups in total. The van der Waals surface area contributed by atoms with Gasteiger partial charge in [0.25, 0.3) is 10.9 Å². The van der Waals surface area contributed by atoms with Crippen LogP contribution in [0.1, 0.15) is 12.5 Å². The second kappa shape index (κ2) is 8.32. The highest BCUT2D eigenvalue weighted by Gasteiger charge is 2.19. The van der Waals surface area contributed by atoms with E-state index >= 15 is 0 Å². The molecule has 10 heteroatoms. The van der Waals surface area contributed by atoms with Gasteiger partial charge in [-0.3, -0.25) is 14.9 Å². The molecule has 2 aromatic carbocycles. The Hall–Kier alpha value is -3.71. The van der Waals surface area contributed by atoms with E-state index in [9.17, 15) is 14.9 Å². The maximum atomic E-state index is 12.3. The third kappa shape index (κ3) is 4.52. The number of hydrogen-bond donors (Lipinski definition) is 1. The van der Waals surface area contributed by atoms with Gasteiger partial charge in [0.05, 0.1) is 21.8 Å². The van der Waals surface area contributed by atoms with Gasteiger partial charge in [0.15, 0.2) is 0 Å². The number of carbonyl (C=O) groups excluding carboxylic acids is 1. The summed E-state index contributed by atoms with van der Waals surface area (Å²) < 4.78 is 5.51. The molecule has 3 aromatic rings. The second-order valence-corrected chi connectivity index (χ2v) is 6.91. The fourth-order valence-electron chi connectivity index (χ4n) is 2.24. The lowest BCUT2D eigenvalue weighted by atomic mass is 10.2. The molecule has 1 heterocycles. The number of nitro benzene ring substituents is 1. The number of rotatable bonds is 6. The first-order valence-electron chi connectivity index (χ1n) is 8.02. The minimum absolute atomic E-state index is 0.0859. The highest BCUT2D eigenvalue weighted by molar-refractivity contribution is 8.00. The van der Waals surface area contributed by atoms with Crippen molar-refractivity contribution in [2.75, 3.05) is 5.32 Å². The van der Waals surface area contributed by atoms with Gasteiger partial charge in [0, 0.05) is 23.4 Å². The Kier molecular flexibility index (Phi) is 5.67. The van der Waals surface area contributed by atoms with Gasteiger partial charge in [-0.2, -0.15) is 5.26 Å². The molecule has 0 aliphatic rings. The van der Waals surface area contributed by atoms with Crippen molar-refractivity contribution in [1.82, 2.24) is 10.2 Å². The summed E-state index contributed by atoms with van der Waals surface area (Å²) in [7, 11) is 0. The molecule has 1 aromatic heterocycles. The van der Waals surface area contributed by atoms with Gasteiger partial charge in [-0.15, -0.1) is 10.2 Å². The zero-order valence-electron chi connectivity index (χ0n) is 14.5. The minimum Gasteiger partial charge on any atom is -0.411 e. The predicted octanol–water partition coefficient (Wildman–Crippen LogP) is 3.64. The number of amides is 1. The van der Waals surface area contributed by atoms with E-state index in [1.165, 1.54) is 18.2 Å². The molecule has 140 valence electrons. The molecular formula is C18H13N5O4S. The molecule has 28 heavy (non-hydrogen) atoms. The molecule has 0 saturated heterocycles. The van der Waals surface area contributed by atoms with Crippen LogP contribution < -0.4 is 5.32 Å². The van der Waals surface area contributed by atoms with Crippen LogP contribution in [0.4, 0.5) is 11.4 Å². The summed E-state index contributed by atoms with van der Waals surface area (Å²) in [6.07, 6.45) is 0. The first-order valence-corrected chi connectivity index (χ1v) is 8.90. The number of thioether (sulfide) groups is 1. The molecule has 0 saturated carbocycles. The number of nitro groups is 1. The number of nitrogens with zero attached hydrogens (tertiary/aromatic N) is 4. The molecule has 0 radical (unpaired) electrons. The molecule has 0 aliphatic carbocycles. The van der Waals surface area contributed by atoms with Crippen LogP contribution in [0.5, 0.6) is 0 Å². The molecule has 3 rings (SSSR count). The van der Waals surface area contributed by atoms with E-state index in [4.69, 9.17) is 9.68 Å². The summed E-state index contributed by atoms with van der Waals surface area (Å²) in [4.78, 5) is 22.7. The standard InChI is InChI=1S/C18H13N5O4S/c1-11(16(24)20-14-6-2-4-12(8-14)10-19)28-18-22-21-17(27-18)13-5-3-7-15(9-13)23(25)26/h2-9,11H,1H3,(H,20,24)/t11-/m1/s1. The van der Waals surface area contributed by atoms with Crippen molar-refractivity contribution in [1.29, 1.82) is 5.26 Å². The molecule has 9 nitrogen and oxygen atoms in total. The summed E-state index contributed by atoms with van der Waals surface area (Å²) >= 11 is 1.06.